The van der Waals surface area contributed by atoms with Gasteiger partial charge < -0.3 is 20.1 Å². The van der Waals surface area contributed by atoms with E-state index in [1.165, 1.54) is 23.9 Å². The fraction of sp³-hybridized carbons (Fsp3) is 0.227. The number of benzene rings is 2. The van der Waals surface area contributed by atoms with E-state index in [1.54, 1.807) is 43.5 Å². The Labute approximate surface area is 178 Å². The zero-order valence-corrected chi connectivity index (χ0v) is 17.0. The molecule has 160 valence electrons. The molecule has 3 aromatic rings. The number of carbonyl (C=O) groups excluding carboxylic acids is 2. The van der Waals surface area contributed by atoms with Crippen LogP contribution in [-0.2, 0) is 20.9 Å². The van der Waals surface area contributed by atoms with Gasteiger partial charge in [-0.05, 0) is 29.8 Å². The van der Waals surface area contributed by atoms with Crippen LogP contribution in [0.5, 0.6) is 5.75 Å². The van der Waals surface area contributed by atoms with Crippen molar-refractivity contribution in [2.45, 2.75) is 19.1 Å². The van der Waals surface area contributed by atoms with Crippen molar-refractivity contribution in [3.05, 3.63) is 60.0 Å². The van der Waals surface area contributed by atoms with Crippen LogP contribution in [0.25, 0.3) is 11.1 Å². The van der Waals surface area contributed by atoms with Gasteiger partial charge in [0.2, 0.25) is 5.91 Å². The van der Waals surface area contributed by atoms with Gasteiger partial charge >= 0.3 is 0 Å². The fourth-order valence-corrected chi connectivity index (χ4v) is 3.56. The lowest BCUT2D eigenvalue weighted by Gasteiger charge is -2.11. The van der Waals surface area contributed by atoms with Crippen LogP contribution in [0.3, 0.4) is 0 Å². The SMILES string of the molecule is COCc1nn2c(c1-c1ccc(F)cc1)NC(=O)C2CC(=O)Nc1cccc(OC)c1. The zero-order valence-electron chi connectivity index (χ0n) is 17.0. The van der Waals surface area contributed by atoms with Crippen molar-refractivity contribution in [1.29, 1.82) is 0 Å². The number of nitrogens with one attached hydrogen (secondary N) is 2. The number of anilines is 2. The maximum atomic E-state index is 13.4. The van der Waals surface area contributed by atoms with Gasteiger partial charge in [-0.2, -0.15) is 5.10 Å². The Balaban J connectivity index is 1.60. The minimum Gasteiger partial charge on any atom is -0.497 e. The van der Waals surface area contributed by atoms with Gasteiger partial charge in [-0.1, -0.05) is 18.2 Å². The molecule has 0 spiro atoms. The second kappa shape index (κ2) is 8.57. The van der Waals surface area contributed by atoms with E-state index in [0.29, 0.717) is 34.1 Å². The van der Waals surface area contributed by atoms with E-state index < -0.39 is 6.04 Å². The average molecular weight is 424 g/mol. The highest BCUT2D eigenvalue weighted by atomic mass is 19.1. The van der Waals surface area contributed by atoms with Gasteiger partial charge in [0.15, 0.2) is 0 Å². The van der Waals surface area contributed by atoms with Gasteiger partial charge in [0, 0.05) is 24.4 Å². The second-order valence-corrected chi connectivity index (χ2v) is 7.04. The summed E-state index contributed by atoms with van der Waals surface area (Å²) in [7, 11) is 3.08. The number of carbonyl (C=O) groups is 2. The molecule has 31 heavy (non-hydrogen) atoms. The summed E-state index contributed by atoms with van der Waals surface area (Å²) in [6, 6.07) is 12.0. The maximum absolute atomic E-state index is 13.4. The number of rotatable bonds is 7. The van der Waals surface area contributed by atoms with E-state index in [1.807, 2.05) is 0 Å². The molecule has 0 saturated heterocycles. The second-order valence-electron chi connectivity index (χ2n) is 7.04. The predicted octanol–water partition coefficient (Wildman–Crippen LogP) is 3.37. The molecule has 2 N–H and O–H groups in total. The van der Waals surface area contributed by atoms with Crippen LogP contribution in [0.4, 0.5) is 15.9 Å². The molecule has 2 aromatic carbocycles. The molecule has 0 saturated carbocycles. The van der Waals surface area contributed by atoms with Gasteiger partial charge in [0.05, 0.1) is 25.8 Å². The third kappa shape index (κ3) is 4.13. The third-order valence-corrected chi connectivity index (χ3v) is 4.97. The minimum atomic E-state index is -0.814. The molecule has 1 aliphatic rings. The molecule has 0 fully saturated rings. The number of amides is 2. The summed E-state index contributed by atoms with van der Waals surface area (Å²) in [5.41, 5.74) is 2.49. The molecule has 1 unspecified atom stereocenters. The molecule has 0 radical (unpaired) electrons. The van der Waals surface area contributed by atoms with Crippen LogP contribution < -0.4 is 15.4 Å². The fourth-order valence-electron chi connectivity index (χ4n) is 3.56. The van der Waals surface area contributed by atoms with E-state index in [9.17, 15) is 14.0 Å². The lowest BCUT2D eigenvalue weighted by atomic mass is 10.1. The normalized spacial score (nSPS) is 14.8. The van der Waals surface area contributed by atoms with Crippen molar-refractivity contribution in [1.82, 2.24) is 9.78 Å². The standard InChI is InChI=1S/C22H21FN4O4/c1-30-12-17-20(13-6-8-14(23)9-7-13)21-25-22(29)18(27(21)26-17)11-19(28)24-15-4-3-5-16(10-15)31-2/h3-10,18H,11-12H2,1-2H3,(H,24,28)(H,25,29). The van der Waals surface area contributed by atoms with Crippen LogP contribution in [0, 0.1) is 5.82 Å². The molecular formula is C22H21FN4O4. The molecule has 1 aliphatic heterocycles. The highest BCUT2D eigenvalue weighted by Crippen LogP contribution is 2.39. The van der Waals surface area contributed by atoms with Crippen LogP contribution in [-0.4, -0.2) is 35.8 Å². The number of aromatic nitrogens is 2. The number of nitrogens with zero attached hydrogens (tertiary/aromatic N) is 2. The molecule has 2 amide bonds. The van der Waals surface area contributed by atoms with E-state index in [2.05, 4.69) is 15.7 Å². The molecule has 2 heterocycles. The first kappa shape index (κ1) is 20.5. The van der Waals surface area contributed by atoms with Gasteiger partial charge in [-0.15, -0.1) is 0 Å². The number of hydrogen-bond donors (Lipinski definition) is 2. The maximum Gasteiger partial charge on any atom is 0.251 e. The molecular weight excluding hydrogens is 403 g/mol. The highest BCUT2D eigenvalue weighted by molar-refractivity contribution is 6.04. The Kier molecular flexibility index (Phi) is 5.68. The summed E-state index contributed by atoms with van der Waals surface area (Å²) in [6.07, 6.45) is -0.104. The third-order valence-electron chi connectivity index (χ3n) is 4.97. The van der Waals surface area contributed by atoms with E-state index in [4.69, 9.17) is 9.47 Å². The van der Waals surface area contributed by atoms with E-state index >= 15 is 0 Å². The molecule has 0 aliphatic carbocycles. The predicted molar refractivity (Wildman–Crippen MR) is 112 cm³/mol. The topological polar surface area (TPSA) is 94.5 Å². The number of ether oxygens (including phenoxy) is 2. The summed E-state index contributed by atoms with van der Waals surface area (Å²) in [5.74, 6) is 0.0303. The van der Waals surface area contributed by atoms with Crippen molar-refractivity contribution in [3.63, 3.8) is 0 Å². The van der Waals surface area contributed by atoms with Crippen molar-refractivity contribution < 1.29 is 23.5 Å². The summed E-state index contributed by atoms with van der Waals surface area (Å²) in [5, 5.41) is 10.1. The molecule has 4 rings (SSSR count). The number of hydrogen-bond acceptors (Lipinski definition) is 5. The van der Waals surface area contributed by atoms with Crippen molar-refractivity contribution in [2.75, 3.05) is 24.9 Å². The van der Waals surface area contributed by atoms with Crippen molar-refractivity contribution in [3.8, 4) is 16.9 Å². The monoisotopic (exact) mass is 424 g/mol. The lowest BCUT2D eigenvalue weighted by molar-refractivity contribution is -0.123. The number of fused-ring (bicyclic) bond motifs is 1. The van der Waals surface area contributed by atoms with Gasteiger partial charge in [-0.3, -0.25) is 9.59 Å². The molecule has 1 aromatic heterocycles. The molecule has 1 atom stereocenters. The summed E-state index contributed by atoms with van der Waals surface area (Å²) in [4.78, 5) is 25.2. The van der Waals surface area contributed by atoms with Crippen LogP contribution in [0.15, 0.2) is 48.5 Å². The highest BCUT2D eigenvalue weighted by Gasteiger charge is 2.37. The quantitative estimate of drug-likeness (QED) is 0.607. The number of halogens is 1. The van der Waals surface area contributed by atoms with Crippen LogP contribution in [0.1, 0.15) is 18.2 Å². The van der Waals surface area contributed by atoms with Gasteiger partial charge in [0.1, 0.15) is 23.4 Å². The zero-order chi connectivity index (χ0) is 22.0. The first-order valence-corrected chi connectivity index (χ1v) is 9.61. The smallest absolute Gasteiger partial charge is 0.251 e. The Morgan fingerprint density at radius 2 is 2.00 bits per heavy atom. The van der Waals surface area contributed by atoms with Crippen LogP contribution in [0.2, 0.25) is 0 Å². The van der Waals surface area contributed by atoms with Crippen molar-refractivity contribution in [2.24, 2.45) is 0 Å². The van der Waals surface area contributed by atoms with Gasteiger partial charge in [-0.25, -0.2) is 9.07 Å². The molecule has 9 heteroatoms. The first-order chi connectivity index (χ1) is 15.0. The number of methoxy groups -OCH3 is 2. The minimum absolute atomic E-state index is 0.104. The summed E-state index contributed by atoms with van der Waals surface area (Å²) < 4.78 is 25.3. The Morgan fingerprint density at radius 1 is 1.23 bits per heavy atom. The van der Waals surface area contributed by atoms with Crippen LogP contribution >= 0.6 is 0 Å². The molecule has 0 bridgehead atoms. The van der Waals surface area contributed by atoms with E-state index in [-0.39, 0.29) is 30.7 Å². The first-order valence-electron chi connectivity index (χ1n) is 9.61. The Bertz CT molecular complexity index is 1130. The largest absolute Gasteiger partial charge is 0.497 e. The summed E-state index contributed by atoms with van der Waals surface area (Å²) in [6.45, 7) is 0.200. The van der Waals surface area contributed by atoms with Crippen molar-refractivity contribution >= 4 is 23.3 Å². The van der Waals surface area contributed by atoms with Gasteiger partial charge in [0.25, 0.3) is 5.91 Å². The lowest BCUT2D eigenvalue weighted by Crippen LogP contribution is -2.24. The molecule has 8 nitrogen and oxygen atoms in total. The Morgan fingerprint density at radius 3 is 2.71 bits per heavy atom. The summed E-state index contributed by atoms with van der Waals surface area (Å²) >= 11 is 0. The van der Waals surface area contributed by atoms with E-state index in [0.717, 1.165) is 0 Å². The Hall–Kier alpha value is -3.72. The average Bonchev–Trinajstić information content (AvgIpc) is 3.24.